The van der Waals surface area contributed by atoms with Crippen LogP contribution < -0.4 is 10.2 Å². The Morgan fingerprint density at radius 3 is 2.95 bits per heavy atom. The van der Waals surface area contributed by atoms with Gasteiger partial charge in [-0.25, -0.2) is 4.98 Å². The Balaban J connectivity index is 1.69. The monoisotopic (exact) mass is 385 g/mol. The molecule has 1 aliphatic carbocycles. The molecule has 0 aliphatic heterocycles. The minimum atomic E-state index is 0.680. The van der Waals surface area contributed by atoms with Gasteiger partial charge in [-0.15, -0.1) is 11.3 Å². The van der Waals surface area contributed by atoms with E-state index in [1.165, 1.54) is 17.7 Å². The highest BCUT2D eigenvalue weighted by molar-refractivity contribution is 9.10. The maximum absolute atomic E-state index is 6.24. The molecule has 3 nitrogen and oxygen atoms in total. The molecular formula is C15H17BrClN3S. The number of anilines is 1. The lowest BCUT2D eigenvalue weighted by Crippen LogP contribution is -2.19. The molecule has 6 heteroatoms. The van der Waals surface area contributed by atoms with Gasteiger partial charge in [0.2, 0.25) is 0 Å². The molecule has 0 aromatic carbocycles. The number of nitrogens with zero attached hydrogens (tertiary/aromatic N) is 2. The van der Waals surface area contributed by atoms with Gasteiger partial charge >= 0.3 is 0 Å². The summed E-state index contributed by atoms with van der Waals surface area (Å²) < 4.78 is 1.13. The first-order valence-electron chi connectivity index (χ1n) is 6.93. The number of aromatic nitrogens is 1. The maximum atomic E-state index is 6.24. The molecule has 0 atom stereocenters. The Labute approximate surface area is 142 Å². The standard InChI is InChI=1S/C15H17BrClN3S/c1-20(8-13-5-11(16)9-21-13)15-4-10(14(17)7-19-15)6-18-12-2-3-12/h4-5,7,9,12,18H,2-3,6,8H2,1H3. The topological polar surface area (TPSA) is 28.2 Å². The molecule has 3 rings (SSSR count). The minimum Gasteiger partial charge on any atom is -0.355 e. The largest absolute Gasteiger partial charge is 0.355 e. The van der Waals surface area contributed by atoms with E-state index in [-0.39, 0.29) is 0 Å². The lowest BCUT2D eigenvalue weighted by Gasteiger charge is -2.18. The van der Waals surface area contributed by atoms with Gasteiger partial charge in [-0.05, 0) is 46.5 Å². The minimum absolute atomic E-state index is 0.680. The first-order valence-corrected chi connectivity index (χ1v) is 8.99. The second kappa shape index (κ2) is 6.65. The van der Waals surface area contributed by atoms with Crippen LogP contribution in [-0.4, -0.2) is 18.1 Å². The van der Waals surface area contributed by atoms with Crippen LogP contribution in [0, 0.1) is 0 Å². The first-order chi connectivity index (χ1) is 10.1. The molecule has 0 radical (unpaired) electrons. The smallest absolute Gasteiger partial charge is 0.128 e. The molecule has 2 aromatic rings. The van der Waals surface area contributed by atoms with Crippen LogP contribution in [-0.2, 0) is 13.1 Å². The van der Waals surface area contributed by atoms with Crippen molar-refractivity contribution in [2.24, 2.45) is 0 Å². The Hall–Kier alpha value is -0.620. The van der Waals surface area contributed by atoms with E-state index in [4.69, 9.17) is 11.6 Å². The van der Waals surface area contributed by atoms with Crippen LogP contribution in [0.15, 0.2) is 28.2 Å². The van der Waals surface area contributed by atoms with E-state index in [9.17, 15) is 0 Å². The van der Waals surface area contributed by atoms with Gasteiger partial charge in [0.15, 0.2) is 0 Å². The van der Waals surface area contributed by atoms with Gasteiger partial charge in [0.1, 0.15) is 5.82 Å². The zero-order chi connectivity index (χ0) is 14.8. The lowest BCUT2D eigenvalue weighted by molar-refractivity contribution is 0.687. The summed E-state index contributed by atoms with van der Waals surface area (Å²) >= 11 is 11.5. The molecule has 1 aliphatic rings. The molecule has 1 N–H and O–H groups in total. The predicted molar refractivity (Wildman–Crippen MR) is 93.2 cm³/mol. The summed E-state index contributed by atoms with van der Waals surface area (Å²) in [4.78, 5) is 7.90. The van der Waals surface area contributed by atoms with Crippen molar-refractivity contribution in [3.05, 3.63) is 43.6 Å². The summed E-state index contributed by atoms with van der Waals surface area (Å²) in [6.07, 6.45) is 4.31. The van der Waals surface area contributed by atoms with E-state index >= 15 is 0 Å². The Kier molecular flexibility index (Phi) is 4.84. The predicted octanol–water partition coefficient (Wildman–Crippen LogP) is 4.45. The van der Waals surface area contributed by atoms with Crippen molar-refractivity contribution in [1.29, 1.82) is 0 Å². The molecule has 0 bridgehead atoms. The number of pyridine rings is 1. The van der Waals surface area contributed by atoms with Crippen molar-refractivity contribution >= 4 is 44.7 Å². The van der Waals surface area contributed by atoms with E-state index in [1.807, 2.05) is 0 Å². The number of rotatable bonds is 6. The van der Waals surface area contributed by atoms with Crippen LogP contribution in [0.5, 0.6) is 0 Å². The molecule has 21 heavy (non-hydrogen) atoms. The Morgan fingerprint density at radius 1 is 1.48 bits per heavy atom. The summed E-state index contributed by atoms with van der Waals surface area (Å²) in [6, 6.07) is 4.91. The van der Waals surface area contributed by atoms with Crippen molar-refractivity contribution in [2.45, 2.75) is 32.0 Å². The van der Waals surface area contributed by atoms with Crippen LogP contribution >= 0.6 is 38.9 Å². The van der Waals surface area contributed by atoms with Gasteiger partial charge in [0.05, 0.1) is 11.6 Å². The molecule has 0 unspecified atom stereocenters. The van der Waals surface area contributed by atoms with E-state index in [2.05, 4.69) is 55.7 Å². The van der Waals surface area contributed by atoms with E-state index in [0.717, 1.165) is 34.0 Å². The summed E-state index contributed by atoms with van der Waals surface area (Å²) in [7, 11) is 2.06. The third-order valence-corrected chi connectivity index (χ3v) is 5.51. The van der Waals surface area contributed by atoms with Crippen LogP contribution in [0.25, 0.3) is 0 Å². The third kappa shape index (κ3) is 4.19. The van der Waals surface area contributed by atoms with E-state index < -0.39 is 0 Å². The Morgan fingerprint density at radius 2 is 2.29 bits per heavy atom. The van der Waals surface area contributed by atoms with Gasteiger partial charge in [-0.3, -0.25) is 0 Å². The van der Waals surface area contributed by atoms with Gasteiger partial charge in [0, 0.05) is 40.6 Å². The van der Waals surface area contributed by atoms with Crippen molar-refractivity contribution in [3.8, 4) is 0 Å². The van der Waals surface area contributed by atoms with Gasteiger partial charge in [0.25, 0.3) is 0 Å². The maximum Gasteiger partial charge on any atom is 0.128 e. The molecular weight excluding hydrogens is 370 g/mol. The number of hydrogen-bond acceptors (Lipinski definition) is 4. The zero-order valence-corrected chi connectivity index (χ0v) is 14.9. The van der Waals surface area contributed by atoms with Crippen molar-refractivity contribution in [3.63, 3.8) is 0 Å². The molecule has 1 fully saturated rings. The number of nitrogens with one attached hydrogen (secondary N) is 1. The number of thiophene rings is 1. The van der Waals surface area contributed by atoms with Crippen LogP contribution in [0.2, 0.25) is 5.02 Å². The number of halogens is 2. The van der Waals surface area contributed by atoms with Gasteiger partial charge < -0.3 is 10.2 Å². The van der Waals surface area contributed by atoms with E-state index in [0.29, 0.717) is 6.04 Å². The van der Waals surface area contributed by atoms with Crippen molar-refractivity contribution < 1.29 is 0 Å². The summed E-state index contributed by atoms with van der Waals surface area (Å²) in [5.41, 5.74) is 1.12. The fraction of sp³-hybridized carbons (Fsp3) is 0.400. The third-order valence-electron chi connectivity index (χ3n) is 3.48. The fourth-order valence-electron chi connectivity index (χ4n) is 2.11. The average molecular weight is 387 g/mol. The highest BCUT2D eigenvalue weighted by Gasteiger charge is 2.20. The van der Waals surface area contributed by atoms with Crippen molar-refractivity contribution in [1.82, 2.24) is 10.3 Å². The SMILES string of the molecule is CN(Cc1cc(Br)cs1)c1cc(CNC2CC2)c(Cl)cn1. The fourth-order valence-corrected chi connectivity index (χ4v) is 3.78. The molecule has 0 amide bonds. The summed E-state index contributed by atoms with van der Waals surface area (Å²) in [5.74, 6) is 0.955. The molecule has 2 heterocycles. The second-order valence-corrected chi connectivity index (χ2v) is 7.70. The second-order valence-electron chi connectivity index (χ2n) is 5.38. The quantitative estimate of drug-likeness (QED) is 0.795. The number of hydrogen-bond donors (Lipinski definition) is 1. The summed E-state index contributed by atoms with van der Waals surface area (Å²) in [6.45, 7) is 1.66. The normalized spacial score (nSPS) is 14.4. The van der Waals surface area contributed by atoms with Crippen molar-refractivity contribution in [2.75, 3.05) is 11.9 Å². The average Bonchev–Trinajstić information content (AvgIpc) is 3.20. The van der Waals surface area contributed by atoms with Crippen LogP contribution in [0.3, 0.4) is 0 Å². The molecule has 1 saturated carbocycles. The van der Waals surface area contributed by atoms with Gasteiger partial charge in [-0.2, -0.15) is 0 Å². The molecule has 0 spiro atoms. The summed E-state index contributed by atoms with van der Waals surface area (Å²) in [5, 5.41) is 6.33. The zero-order valence-electron chi connectivity index (χ0n) is 11.8. The lowest BCUT2D eigenvalue weighted by atomic mass is 10.2. The van der Waals surface area contributed by atoms with E-state index in [1.54, 1.807) is 17.5 Å². The first kappa shape index (κ1) is 15.3. The van der Waals surface area contributed by atoms with Crippen LogP contribution in [0.4, 0.5) is 5.82 Å². The Bertz CT molecular complexity index is 627. The van der Waals surface area contributed by atoms with Crippen LogP contribution in [0.1, 0.15) is 23.3 Å². The van der Waals surface area contributed by atoms with Gasteiger partial charge in [-0.1, -0.05) is 11.6 Å². The molecule has 2 aromatic heterocycles. The highest BCUT2D eigenvalue weighted by Crippen LogP contribution is 2.25. The highest BCUT2D eigenvalue weighted by atomic mass is 79.9. The molecule has 0 saturated heterocycles. The molecule has 112 valence electrons.